The van der Waals surface area contributed by atoms with Crippen LogP contribution in [0.1, 0.15) is 40.0 Å². The van der Waals surface area contributed by atoms with Gasteiger partial charge in [0.25, 0.3) is 0 Å². The SMILES string of the molecule is CC(C)(O)CN1CCC[C@@H]1[C@H]1COCC[C@@]1(C)O. The third-order valence-corrected chi connectivity index (χ3v) is 4.32. The maximum atomic E-state index is 10.5. The molecule has 0 radical (unpaired) electrons. The second-order valence-electron chi connectivity index (χ2n) is 6.78. The fraction of sp³-hybridized carbons (Fsp3) is 1.00. The van der Waals surface area contributed by atoms with E-state index >= 15 is 0 Å². The van der Waals surface area contributed by atoms with E-state index in [9.17, 15) is 10.2 Å². The molecule has 106 valence electrons. The minimum absolute atomic E-state index is 0.163. The third-order valence-electron chi connectivity index (χ3n) is 4.32. The third kappa shape index (κ3) is 3.23. The highest BCUT2D eigenvalue weighted by Crippen LogP contribution is 2.36. The summed E-state index contributed by atoms with van der Waals surface area (Å²) in [6, 6.07) is 0.340. The van der Waals surface area contributed by atoms with Gasteiger partial charge < -0.3 is 14.9 Å². The molecule has 4 heteroatoms. The van der Waals surface area contributed by atoms with E-state index < -0.39 is 11.2 Å². The van der Waals surface area contributed by atoms with E-state index in [1.807, 2.05) is 20.8 Å². The number of likely N-dealkylation sites (tertiary alicyclic amines) is 1. The largest absolute Gasteiger partial charge is 0.390 e. The smallest absolute Gasteiger partial charge is 0.0718 e. The van der Waals surface area contributed by atoms with Crippen LogP contribution < -0.4 is 0 Å². The van der Waals surface area contributed by atoms with Crippen molar-refractivity contribution in [2.45, 2.75) is 57.3 Å². The standard InChI is InChI=1S/C14H27NO3/c1-13(2,16)10-15-7-4-5-12(15)11-9-18-8-6-14(11,3)17/h11-12,16-17H,4-10H2,1-3H3/t11-,12-,14-/m1/s1. The number of nitrogens with zero attached hydrogens (tertiary/aromatic N) is 1. The van der Waals surface area contributed by atoms with Crippen LogP contribution in [0.4, 0.5) is 0 Å². The maximum Gasteiger partial charge on any atom is 0.0718 e. The maximum absolute atomic E-state index is 10.5. The van der Waals surface area contributed by atoms with Gasteiger partial charge in [-0.15, -0.1) is 0 Å². The molecule has 0 aliphatic carbocycles. The first kappa shape index (κ1) is 14.3. The van der Waals surface area contributed by atoms with Gasteiger partial charge >= 0.3 is 0 Å². The Labute approximate surface area is 110 Å². The quantitative estimate of drug-likeness (QED) is 0.792. The topological polar surface area (TPSA) is 52.9 Å². The minimum Gasteiger partial charge on any atom is -0.390 e. The van der Waals surface area contributed by atoms with Gasteiger partial charge in [-0.05, 0) is 46.6 Å². The lowest BCUT2D eigenvalue weighted by Crippen LogP contribution is -2.54. The van der Waals surface area contributed by atoms with Gasteiger partial charge in [0.2, 0.25) is 0 Å². The predicted octanol–water partition coefficient (Wildman–Crippen LogP) is 1.01. The van der Waals surface area contributed by atoms with Crippen LogP contribution in [0.5, 0.6) is 0 Å². The Balaban J connectivity index is 2.06. The van der Waals surface area contributed by atoms with E-state index in [0.29, 0.717) is 32.2 Å². The summed E-state index contributed by atoms with van der Waals surface area (Å²) in [5, 5.41) is 20.5. The highest BCUT2D eigenvalue weighted by Gasteiger charge is 2.44. The van der Waals surface area contributed by atoms with Gasteiger partial charge in [-0.1, -0.05) is 0 Å². The lowest BCUT2D eigenvalue weighted by Gasteiger charge is -2.44. The summed E-state index contributed by atoms with van der Waals surface area (Å²) < 4.78 is 5.56. The first-order valence-corrected chi connectivity index (χ1v) is 7.06. The molecule has 0 bridgehead atoms. The molecule has 2 rings (SSSR count). The van der Waals surface area contributed by atoms with E-state index in [-0.39, 0.29) is 5.92 Å². The fourth-order valence-corrected chi connectivity index (χ4v) is 3.38. The highest BCUT2D eigenvalue weighted by atomic mass is 16.5. The Morgan fingerprint density at radius 3 is 2.78 bits per heavy atom. The second kappa shape index (κ2) is 5.08. The number of hydrogen-bond donors (Lipinski definition) is 2. The van der Waals surface area contributed by atoms with Gasteiger partial charge in [-0.2, -0.15) is 0 Å². The van der Waals surface area contributed by atoms with Gasteiger partial charge in [0.15, 0.2) is 0 Å². The van der Waals surface area contributed by atoms with Crippen LogP contribution in [0.15, 0.2) is 0 Å². The number of ether oxygens (including phenoxy) is 1. The molecular weight excluding hydrogens is 230 g/mol. The van der Waals surface area contributed by atoms with Crippen molar-refractivity contribution in [3.05, 3.63) is 0 Å². The minimum atomic E-state index is -0.677. The first-order chi connectivity index (χ1) is 8.30. The zero-order chi connectivity index (χ0) is 13.4. The molecule has 0 unspecified atom stereocenters. The molecule has 0 aromatic heterocycles. The van der Waals surface area contributed by atoms with Crippen LogP contribution in [0.2, 0.25) is 0 Å². The number of β-amino-alcohol motifs (C(OH)–C–C–N with tert-alkyl or cyclic N) is 1. The molecule has 0 saturated carbocycles. The second-order valence-corrected chi connectivity index (χ2v) is 6.78. The Morgan fingerprint density at radius 1 is 1.44 bits per heavy atom. The van der Waals surface area contributed by atoms with Gasteiger partial charge in [-0.3, -0.25) is 4.90 Å². The summed E-state index contributed by atoms with van der Waals surface area (Å²) in [5.41, 5.74) is -1.31. The van der Waals surface area contributed by atoms with E-state index in [1.54, 1.807) is 0 Å². The molecule has 0 amide bonds. The van der Waals surface area contributed by atoms with Crippen LogP contribution in [-0.2, 0) is 4.74 Å². The van der Waals surface area contributed by atoms with Crippen molar-refractivity contribution in [3.8, 4) is 0 Å². The molecule has 0 spiro atoms. The number of hydrogen-bond acceptors (Lipinski definition) is 4. The van der Waals surface area contributed by atoms with E-state index in [2.05, 4.69) is 4.90 Å². The zero-order valence-corrected chi connectivity index (χ0v) is 11.9. The molecule has 2 aliphatic rings. The molecule has 3 atom stereocenters. The Hall–Kier alpha value is -0.160. The number of aliphatic hydroxyl groups is 2. The van der Waals surface area contributed by atoms with E-state index in [1.165, 1.54) is 0 Å². The molecule has 4 nitrogen and oxygen atoms in total. The Bertz CT molecular complexity index is 285. The summed E-state index contributed by atoms with van der Waals surface area (Å²) in [6.45, 7) is 8.60. The normalized spacial score (nSPS) is 39.2. The van der Waals surface area contributed by atoms with Crippen LogP contribution in [-0.4, -0.2) is 58.7 Å². The summed E-state index contributed by atoms with van der Waals surface area (Å²) in [5.74, 6) is 0.163. The number of rotatable bonds is 3. The molecule has 18 heavy (non-hydrogen) atoms. The monoisotopic (exact) mass is 257 g/mol. The van der Waals surface area contributed by atoms with Crippen molar-refractivity contribution in [1.82, 2.24) is 4.90 Å². The lowest BCUT2D eigenvalue weighted by atomic mass is 9.79. The molecule has 2 fully saturated rings. The summed E-state index contributed by atoms with van der Waals surface area (Å²) in [6.07, 6.45) is 2.96. The fourth-order valence-electron chi connectivity index (χ4n) is 3.38. The van der Waals surface area contributed by atoms with Crippen LogP contribution >= 0.6 is 0 Å². The first-order valence-electron chi connectivity index (χ1n) is 7.06. The highest BCUT2D eigenvalue weighted by molar-refractivity contribution is 4.97. The van der Waals surface area contributed by atoms with Crippen molar-refractivity contribution in [3.63, 3.8) is 0 Å². The molecule has 2 aliphatic heterocycles. The van der Waals surface area contributed by atoms with Gasteiger partial charge in [0.05, 0.1) is 17.8 Å². The summed E-state index contributed by atoms with van der Waals surface area (Å²) in [4.78, 5) is 2.33. The van der Waals surface area contributed by atoms with Crippen molar-refractivity contribution in [1.29, 1.82) is 0 Å². The molecular formula is C14H27NO3. The zero-order valence-electron chi connectivity index (χ0n) is 11.9. The Morgan fingerprint density at radius 2 is 2.17 bits per heavy atom. The van der Waals surface area contributed by atoms with Gasteiger partial charge in [-0.25, -0.2) is 0 Å². The molecule has 0 aromatic carbocycles. The summed E-state index contributed by atoms with van der Waals surface area (Å²) >= 11 is 0. The average Bonchev–Trinajstić information content (AvgIpc) is 2.62. The van der Waals surface area contributed by atoms with Crippen molar-refractivity contribution >= 4 is 0 Å². The van der Waals surface area contributed by atoms with E-state index in [4.69, 9.17) is 4.74 Å². The van der Waals surface area contributed by atoms with Crippen molar-refractivity contribution in [2.24, 2.45) is 5.92 Å². The Kier molecular flexibility index (Phi) is 4.02. The molecule has 2 saturated heterocycles. The van der Waals surface area contributed by atoms with Crippen LogP contribution in [0, 0.1) is 5.92 Å². The van der Waals surface area contributed by atoms with Crippen LogP contribution in [0.3, 0.4) is 0 Å². The lowest BCUT2D eigenvalue weighted by molar-refractivity contribution is -0.127. The molecule has 0 aromatic rings. The van der Waals surface area contributed by atoms with Crippen LogP contribution in [0.25, 0.3) is 0 Å². The molecule has 2 heterocycles. The van der Waals surface area contributed by atoms with E-state index in [0.717, 1.165) is 19.4 Å². The van der Waals surface area contributed by atoms with Gasteiger partial charge in [0, 0.05) is 25.1 Å². The van der Waals surface area contributed by atoms with Gasteiger partial charge in [0.1, 0.15) is 0 Å². The van der Waals surface area contributed by atoms with Crippen molar-refractivity contribution in [2.75, 3.05) is 26.3 Å². The average molecular weight is 257 g/mol. The molecule has 2 N–H and O–H groups in total. The summed E-state index contributed by atoms with van der Waals surface area (Å²) in [7, 11) is 0. The van der Waals surface area contributed by atoms with Crippen molar-refractivity contribution < 1.29 is 14.9 Å². The predicted molar refractivity (Wildman–Crippen MR) is 70.4 cm³/mol.